The molecular weight excluding hydrogens is 238 g/mol. The molecule has 3 N–H and O–H groups in total. The van der Waals surface area contributed by atoms with Crippen LogP contribution in [0.2, 0.25) is 0 Å². The van der Waals surface area contributed by atoms with Crippen LogP contribution in [0.1, 0.15) is 16.7 Å². The van der Waals surface area contributed by atoms with Gasteiger partial charge < -0.3 is 4.90 Å². The highest BCUT2D eigenvalue weighted by atomic mass is 15.3. The molecule has 0 aliphatic carbocycles. The van der Waals surface area contributed by atoms with Gasteiger partial charge in [0, 0.05) is 24.5 Å². The molecule has 0 bridgehead atoms. The molecule has 2 aromatic rings. The highest BCUT2D eigenvalue weighted by Gasteiger charge is 2.12. The number of rotatable bonds is 3. The van der Waals surface area contributed by atoms with E-state index in [4.69, 9.17) is 5.84 Å². The zero-order valence-electron chi connectivity index (χ0n) is 11.7. The van der Waals surface area contributed by atoms with Crippen molar-refractivity contribution < 1.29 is 0 Å². The molecule has 1 aromatic heterocycles. The van der Waals surface area contributed by atoms with Gasteiger partial charge in [-0.2, -0.15) is 4.98 Å². The minimum absolute atomic E-state index is 0.414. The Kier molecular flexibility index (Phi) is 3.66. The maximum absolute atomic E-state index is 5.36. The Morgan fingerprint density at radius 1 is 1.16 bits per heavy atom. The zero-order valence-corrected chi connectivity index (χ0v) is 11.7. The molecule has 0 amide bonds. The molecule has 0 unspecified atom stereocenters. The third-order valence-corrected chi connectivity index (χ3v) is 3.11. The smallest absolute Gasteiger partial charge is 0.239 e. The van der Waals surface area contributed by atoms with Gasteiger partial charge in [0.15, 0.2) is 0 Å². The molecule has 0 spiro atoms. The number of nitrogens with zero attached hydrogens (tertiary/aromatic N) is 3. The maximum atomic E-state index is 5.36. The van der Waals surface area contributed by atoms with Crippen molar-refractivity contribution in [1.29, 1.82) is 0 Å². The summed E-state index contributed by atoms with van der Waals surface area (Å²) in [7, 11) is 1.99. The van der Waals surface area contributed by atoms with E-state index in [2.05, 4.69) is 47.4 Å². The van der Waals surface area contributed by atoms with Gasteiger partial charge in [-0.1, -0.05) is 17.7 Å². The van der Waals surface area contributed by atoms with Gasteiger partial charge in [-0.25, -0.2) is 10.8 Å². The van der Waals surface area contributed by atoms with Gasteiger partial charge in [0.05, 0.1) is 0 Å². The van der Waals surface area contributed by atoms with Crippen LogP contribution in [0.5, 0.6) is 0 Å². The Morgan fingerprint density at radius 2 is 1.89 bits per heavy atom. The highest BCUT2D eigenvalue weighted by molar-refractivity contribution is 5.66. The first-order valence-electron chi connectivity index (χ1n) is 6.14. The summed E-state index contributed by atoms with van der Waals surface area (Å²) in [6.45, 7) is 6.16. The van der Waals surface area contributed by atoms with Crippen molar-refractivity contribution in [3.63, 3.8) is 0 Å². The standard InChI is InChI=1S/C14H19N5/c1-9-5-6-12(10(2)7-9)19(4)13-11(3)8-16-14(17-13)18-15/h5-8H,15H2,1-4H3,(H,16,17,18). The number of hydrogen-bond donors (Lipinski definition) is 2. The molecule has 1 aromatic carbocycles. The molecule has 1 heterocycles. The Balaban J connectivity index is 2.46. The lowest BCUT2D eigenvalue weighted by Gasteiger charge is -2.22. The van der Waals surface area contributed by atoms with Crippen LogP contribution in [-0.2, 0) is 0 Å². The first kappa shape index (κ1) is 13.3. The summed E-state index contributed by atoms with van der Waals surface area (Å²) in [6, 6.07) is 6.35. The summed E-state index contributed by atoms with van der Waals surface area (Å²) in [4.78, 5) is 10.6. The van der Waals surface area contributed by atoms with Crippen LogP contribution in [-0.4, -0.2) is 17.0 Å². The van der Waals surface area contributed by atoms with E-state index in [-0.39, 0.29) is 0 Å². The van der Waals surface area contributed by atoms with Gasteiger partial charge in [0.2, 0.25) is 5.95 Å². The molecule has 100 valence electrons. The Morgan fingerprint density at radius 3 is 2.53 bits per heavy atom. The molecule has 5 nitrogen and oxygen atoms in total. The number of aromatic nitrogens is 2. The van der Waals surface area contributed by atoms with E-state index >= 15 is 0 Å². The number of hydrogen-bond acceptors (Lipinski definition) is 5. The molecular formula is C14H19N5. The van der Waals surface area contributed by atoms with Gasteiger partial charge >= 0.3 is 0 Å². The molecule has 0 radical (unpaired) electrons. The molecule has 0 saturated carbocycles. The van der Waals surface area contributed by atoms with E-state index in [1.165, 1.54) is 11.1 Å². The fourth-order valence-corrected chi connectivity index (χ4v) is 2.14. The van der Waals surface area contributed by atoms with Crippen LogP contribution in [0.15, 0.2) is 24.4 Å². The molecule has 0 saturated heterocycles. The van der Waals surface area contributed by atoms with Crippen LogP contribution in [0.25, 0.3) is 0 Å². The van der Waals surface area contributed by atoms with Crippen LogP contribution in [0, 0.1) is 20.8 Å². The van der Waals surface area contributed by atoms with E-state index < -0.39 is 0 Å². The van der Waals surface area contributed by atoms with Crippen molar-refractivity contribution in [2.75, 3.05) is 17.4 Å². The lowest BCUT2D eigenvalue weighted by Crippen LogP contribution is -2.17. The normalized spacial score (nSPS) is 10.4. The number of benzene rings is 1. The van der Waals surface area contributed by atoms with E-state index in [1.54, 1.807) is 6.20 Å². The van der Waals surface area contributed by atoms with Crippen molar-refractivity contribution in [3.8, 4) is 0 Å². The first-order chi connectivity index (χ1) is 9.02. The molecule has 0 aliphatic heterocycles. The second kappa shape index (κ2) is 5.24. The van der Waals surface area contributed by atoms with Crippen LogP contribution in [0.3, 0.4) is 0 Å². The monoisotopic (exact) mass is 257 g/mol. The lowest BCUT2D eigenvalue weighted by molar-refractivity contribution is 1.03. The summed E-state index contributed by atoms with van der Waals surface area (Å²) in [5, 5.41) is 0. The van der Waals surface area contributed by atoms with E-state index in [9.17, 15) is 0 Å². The predicted molar refractivity (Wildman–Crippen MR) is 78.6 cm³/mol. The summed E-state index contributed by atoms with van der Waals surface area (Å²) < 4.78 is 0. The fraction of sp³-hybridized carbons (Fsp3) is 0.286. The second-order valence-corrected chi connectivity index (χ2v) is 4.69. The maximum Gasteiger partial charge on any atom is 0.239 e. The third kappa shape index (κ3) is 2.66. The van der Waals surface area contributed by atoms with Gasteiger partial charge in [-0.05, 0) is 32.4 Å². The van der Waals surface area contributed by atoms with E-state index in [0.717, 1.165) is 17.1 Å². The molecule has 19 heavy (non-hydrogen) atoms. The highest BCUT2D eigenvalue weighted by Crippen LogP contribution is 2.28. The lowest BCUT2D eigenvalue weighted by atomic mass is 10.1. The third-order valence-electron chi connectivity index (χ3n) is 3.11. The average molecular weight is 257 g/mol. The van der Waals surface area contributed by atoms with Crippen molar-refractivity contribution in [3.05, 3.63) is 41.1 Å². The van der Waals surface area contributed by atoms with Gasteiger partial charge in [-0.15, -0.1) is 0 Å². The Labute approximate surface area is 113 Å². The second-order valence-electron chi connectivity index (χ2n) is 4.69. The zero-order chi connectivity index (χ0) is 14.0. The van der Waals surface area contributed by atoms with Crippen molar-refractivity contribution in [2.45, 2.75) is 20.8 Å². The molecule has 0 aliphatic rings. The van der Waals surface area contributed by atoms with Crippen LogP contribution < -0.4 is 16.2 Å². The Hall–Kier alpha value is -2.14. The van der Waals surface area contributed by atoms with Crippen molar-refractivity contribution >= 4 is 17.5 Å². The SMILES string of the molecule is Cc1ccc(N(C)c2nc(NN)ncc2C)c(C)c1. The number of nitrogens with one attached hydrogen (secondary N) is 1. The van der Waals surface area contributed by atoms with Crippen molar-refractivity contribution in [2.24, 2.45) is 5.84 Å². The quantitative estimate of drug-likeness (QED) is 0.653. The minimum atomic E-state index is 0.414. The molecule has 5 heteroatoms. The first-order valence-corrected chi connectivity index (χ1v) is 6.14. The number of hydrazine groups is 1. The average Bonchev–Trinajstić information content (AvgIpc) is 2.38. The van der Waals surface area contributed by atoms with Crippen LogP contribution >= 0.6 is 0 Å². The van der Waals surface area contributed by atoms with Gasteiger partial charge in [0.1, 0.15) is 5.82 Å². The summed E-state index contributed by atoms with van der Waals surface area (Å²) >= 11 is 0. The van der Waals surface area contributed by atoms with Gasteiger partial charge in [0.25, 0.3) is 0 Å². The summed E-state index contributed by atoms with van der Waals surface area (Å²) in [5.41, 5.74) is 7.06. The summed E-state index contributed by atoms with van der Waals surface area (Å²) in [6.07, 6.45) is 1.76. The molecule has 0 atom stereocenters. The number of aryl methyl sites for hydroxylation is 3. The number of nitrogens with two attached hydrogens (primary N) is 1. The number of nitrogen functional groups attached to an aromatic ring is 1. The van der Waals surface area contributed by atoms with Crippen LogP contribution in [0.4, 0.5) is 17.5 Å². The molecule has 2 rings (SSSR count). The topological polar surface area (TPSA) is 67.1 Å². The number of anilines is 3. The van der Waals surface area contributed by atoms with Gasteiger partial charge in [-0.3, -0.25) is 5.43 Å². The largest absolute Gasteiger partial charge is 0.329 e. The predicted octanol–water partition coefficient (Wildman–Crippen LogP) is 2.46. The minimum Gasteiger partial charge on any atom is -0.329 e. The van der Waals surface area contributed by atoms with E-state index in [1.807, 2.05) is 18.9 Å². The molecule has 0 fully saturated rings. The fourth-order valence-electron chi connectivity index (χ4n) is 2.14. The summed E-state index contributed by atoms with van der Waals surface area (Å²) in [5.74, 6) is 6.62. The van der Waals surface area contributed by atoms with E-state index in [0.29, 0.717) is 5.95 Å². The Bertz CT molecular complexity index is 594. The van der Waals surface area contributed by atoms with Crippen molar-refractivity contribution in [1.82, 2.24) is 9.97 Å².